The maximum absolute atomic E-state index is 11.5. The van der Waals surface area contributed by atoms with Crippen molar-refractivity contribution in [3.63, 3.8) is 0 Å². The Morgan fingerprint density at radius 1 is 1.30 bits per heavy atom. The summed E-state index contributed by atoms with van der Waals surface area (Å²) in [6, 6.07) is 0. The summed E-state index contributed by atoms with van der Waals surface area (Å²) < 4.78 is 10.8. The molecular weight excluding hydrogens is 345 g/mol. The van der Waals surface area contributed by atoms with E-state index in [4.69, 9.17) is 15.2 Å². The average molecular weight is 366 g/mol. The molecule has 3 N–H and O–H groups in total. The molecule has 3 rings (SSSR count). The van der Waals surface area contributed by atoms with Crippen molar-refractivity contribution in [2.45, 2.75) is 19.6 Å². The molecule has 0 aromatic carbocycles. The van der Waals surface area contributed by atoms with Crippen LogP contribution >= 0.6 is 24.8 Å². The molecule has 130 valence electrons. The van der Waals surface area contributed by atoms with E-state index in [0.717, 1.165) is 38.5 Å². The molecule has 0 radical (unpaired) electrons. The quantitative estimate of drug-likeness (QED) is 0.783. The van der Waals surface area contributed by atoms with Gasteiger partial charge in [-0.1, -0.05) is 0 Å². The molecule has 1 aromatic rings. The molecule has 1 fully saturated rings. The Bertz CT molecular complexity index is 555. The fourth-order valence-electron chi connectivity index (χ4n) is 2.46. The van der Waals surface area contributed by atoms with Gasteiger partial charge < -0.3 is 14.8 Å². The second-order valence-corrected chi connectivity index (χ2v) is 5.13. The first kappa shape index (κ1) is 19.9. The van der Waals surface area contributed by atoms with Crippen molar-refractivity contribution in [1.29, 1.82) is 0 Å². The Hall–Kier alpha value is -1.19. The highest BCUT2D eigenvalue weighted by Gasteiger charge is 2.28. The van der Waals surface area contributed by atoms with E-state index >= 15 is 0 Å². The molecule has 0 saturated carbocycles. The lowest BCUT2D eigenvalue weighted by Gasteiger charge is -2.27. The van der Waals surface area contributed by atoms with Crippen LogP contribution in [0.1, 0.15) is 11.5 Å². The molecule has 23 heavy (non-hydrogen) atoms. The first-order valence-corrected chi connectivity index (χ1v) is 7.04. The summed E-state index contributed by atoms with van der Waals surface area (Å²) in [7, 11) is 0. The number of nitrogens with two attached hydrogens (primary N) is 1. The summed E-state index contributed by atoms with van der Waals surface area (Å²) in [6.45, 7) is 6.02. The standard InChI is InChI=1S/C13H19N5O3.2ClH/c1-8-15-9(2-3-18-4-6-20-7-5-18)10-12(16-8)17-13(19)11(14)21-10;;/h11H,2-7,14H2,1H3,(H,15,16,17,19);2*1H. The Kier molecular flexibility index (Phi) is 7.43. The van der Waals surface area contributed by atoms with Gasteiger partial charge in [0.25, 0.3) is 5.91 Å². The summed E-state index contributed by atoms with van der Waals surface area (Å²) in [5, 5.41) is 2.66. The van der Waals surface area contributed by atoms with Gasteiger partial charge in [0.1, 0.15) is 5.82 Å². The molecule has 2 aliphatic heterocycles. The SMILES string of the molecule is Cc1nc(CCN2CCOCC2)c2c(n1)NC(=O)C(N)O2.Cl.Cl. The fraction of sp³-hybridized carbons (Fsp3) is 0.615. The van der Waals surface area contributed by atoms with Crippen molar-refractivity contribution < 1.29 is 14.3 Å². The van der Waals surface area contributed by atoms with Crippen LogP contribution in [0.4, 0.5) is 5.82 Å². The third-order valence-electron chi connectivity index (χ3n) is 3.56. The number of rotatable bonds is 3. The third kappa shape index (κ3) is 4.65. The summed E-state index contributed by atoms with van der Waals surface area (Å²) >= 11 is 0. The van der Waals surface area contributed by atoms with Crippen molar-refractivity contribution >= 4 is 36.5 Å². The summed E-state index contributed by atoms with van der Waals surface area (Å²) in [4.78, 5) is 22.5. The number of amides is 1. The molecule has 3 heterocycles. The van der Waals surface area contributed by atoms with E-state index in [1.807, 2.05) is 0 Å². The van der Waals surface area contributed by atoms with Gasteiger partial charge in [-0.25, -0.2) is 9.97 Å². The molecule has 0 spiro atoms. The van der Waals surface area contributed by atoms with Gasteiger partial charge in [-0.3, -0.25) is 15.4 Å². The van der Waals surface area contributed by atoms with Crippen LogP contribution in [0.15, 0.2) is 0 Å². The number of anilines is 1. The van der Waals surface area contributed by atoms with Gasteiger partial charge >= 0.3 is 0 Å². The highest BCUT2D eigenvalue weighted by atomic mass is 35.5. The molecule has 2 aliphatic rings. The van der Waals surface area contributed by atoms with Gasteiger partial charge in [0.2, 0.25) is 6.23 Å². The zero-order valence-electron chi connectivity index (χ0n) is 12.8. The highest BCUT2D eigenvalue weighted by Crippen LogP contribution is 2.30. The number of nitrogens with zero attached hydrogens (tertiary/aromatic N) is 3. The minimum absolute atomic E-state index is 0. The lowest BCUT2D eigenvalue weighted by molar-refractivity contribution is -0.123. The maximum atomic E-state index is 11.5. The molecule has 0 aliphatic carbocycles. The Balaban J connectivity index is 0.00000132. The van der Waals surface area contributed by atoms with Gasteiger partial charge in [0.05, 0.1) is 18.9 Å². The number of aryl methyl sites for hydroxylation is 1. The number of nitrogens with one attached hydrogen (secondary N) is 1. The number of halogens is 2. The molecule has 10 heteroatoms. The molecule has 8 nitrogen and oxygen atoms in total. The van der Waals surface area contributed by atoms with Gasteiger partial charge in [-0.15, -0.1) is 24.8 Å². The Morgan fingerprint density at radius 2 is 2.00 bits per heavy atom. The number of aromatic nitrogens is 2. The van der Waals surface area contributed by atoms with E-state index in [2.05, 4.69) is 20.2 Å². The highest BCUT2D eigenvalue weighted by molar-refractivity contribution is 5.96. The third-order valence-corrected chi connectivity index (χ3v) is 3.56. The summed E-state index contributed by atoms with van der Waals surface area (Å²) in [5.74, 6) is 1.11. The summed E-state index contributed by atoms with van der Waals surface area (Å²) in [6.07, 6.45) is -0.292. The van der Waals surface area contributed by atoms with Crippen LogP contribution < -0.4 is 15.8 Å². The zero-order chi connectivity index (χ0) is 14.8. The molecule has 1 amide bonds. The molecule has 1 aromatic heterocycles. The lowest BCUT2D eigenvalue weighted by Crippen LogP contribution is -2.44. The molecule has 1 unspecified atom stereocenters. The van der Waals surface area contributed by atoms with Crippen molar-refractivity contribution in [1.82, 2.24) is 14.9 Å². The number of ether oxygens (including phenoxy) is 2. The van der Waals surface area contributed by atoms with Gasteiger partial charge in [0, 0.05) is 26.1 Å². The first-order valence-electron chi connectivity index (χ1n) is 7.04. The molecule has 1 saturated heterocycles. The van der Waals surface area contributed by atoms with Crippen LogP contribution in [0.5, 0.6) is 5.75 Å². The number of hydrogen-bond donors (Lipinski definition) is 2. The lowest BCUT2D eigenvalue weighted by atomic mass is 10.2. The number of carbonyl (C=O) groups is 1. The van der Waals surface area contributed by atoms with Crippen LogP contribution in [0, 0.1) is 6.92 Å². The van der Waals surface area contributed by atoms with Crippen molar-refractivity contribution in [2.75, 3.05) is 38.2 Å². The Labute approximate surface area is 146 Å². The number of carbonyl (C=O) groups excluding carboxylic acids is 1. The van der Waals surface area contributed by atoms with Gasteiger partial charge in [-0.05, 0) is 6.92 Å². The van der Waals surface area contributed by atoms with Crippen LogP contribution in [-0.4, -0.2) is 59.9 Å². The second kappa shape index (κ2) is 8.60. The van der Waals surface area contributed by atoms with Crippen molar-refractivity contribution in [3.05, 3.63) is 11.5 Å². The van der Waals surface area contributed by atoms with E-state index in [1.165, 1.54) is 0 Å². The van der Waals surface area contributed by atoms with Crippen LogP contribution in [0.3, 0.4) is 0 Å². The first-order chi connectivity index (χ1) is 10.1. The van der Waals surface area contributed by atoms with Gasteiger partial charge in [0.15, 0.2) is 11.6 Å². The van der Waals surface area contributed by atoms with Crippen LogP contribution in [0.25, 0.3) is 0 Å². The van der Waals surface area contributed by atoms with E-state index < -0.39 is 6.23 Å². The zero-order valence-corrected chi connectivity index (χ0v) is 14.4. The van der Waals surface area contributed by atoms with Crippen molar-refractivity contribution in [2.24, 2.45) is 5.73 Å². The minimum atomic E-state index is -1.01. The number of morpholine rings is 1. The van der Waals surface area contributed by atoms with Crippen LogP contribution in [0.2, 0.25) is 0 Å². The largest absolute Gasteiger partial charge is 0.460 e. The monoisotopic (exact) mass is 365 g/mol. The average Bonchev–Trinajstić information content (AvgIpc) is 2.48. The molecular formula is C13H21Cl2N5O3. The van der Waals surface area contributed by atoms with E-state index in [0.29, 0.717) is 23.8 Å². The van der Waals surface area contributed by atoms with E-state index in [9.17, 15) is 4.79 Å². The second-order valence-electron chi connectivity index (χ2n) is 5.13. The smallest absolute Gasteiger partial charge is 0.281 e. The molecule has 0 bridgehead atoms. The van der Waals surface area contributed by atoms with Crippen molar-refractivity contribution in [3.8, 4) is 5.75 Å². The maximum Gasteiger partial charge on any atom is 0.281 e. The van der Waals surface area contributed by atoms with Crippen LogP contribution in [-0.2, 0) is 16.0 Å². The predicted molar refractivity (Wildman–Crippen MR) is 89.5 cm³/mol. The summed E-state index contributed by atoms with van der Waals surface area (Å²) in [5.41, 5.74) is 6.40. The topological polar surface area (TPSA) is 103 Å². The predicted octanol–water partition coefficient (Wildman–Crippen LogP) is 0.119. The number of hydrogen-bond acceptors (Lipinski definition) is 7. The Morgan fingerprint density at radius 3 is 2.70 bits per heavy atom. The normalized spacial score (nSPS) is 20.4. The number of fused-ring (bicyclic) bond motifs is 1. The van der Waals surface area contributed by atoms with E-state index in [1.54, 1.807) is 6.92 Å². The van der Waals surface area contributed by atoms with E-state index in [-0.39, 0.29) is 30.7 Å². The van der Waals surface area contributed by atoms with Gasteiger partial charge in [-0.2, -0.15) is 0 Å². The fourth-order valence-corrected chi connectivity index (χ4v) is 2.46. The minimum Gasteiger partial charge on any atom is -0.460 e. The molecule has 1 atom stereocenters.